The number of sulfonamides is 1. The second kappa shape index (κ2) is 15.6. The molecule has 0 saturated heterocycles. The fourth-order valence-corrected chi connectivity index (χ4v) is 6.37. The van der Waals surface area contributed by atoms with Gasteiger partial charge >= 0.3 is 0 Å². The lowest BCUT2D eigenvalue weighted by molar-refractivity contribution is -0.0149. The number of nitrogens with zero attached hydrogens (tertiary/aromatic N) is 4. The average Bonchev–Trinajstić information content (AvgIpc) is 3.49. The second-order valence-electron chi connectivity index (χ2n) is 12.0. The molecule has 4 rings (SSSR count). The van der Waals surface area contributed by atoms with Crippen molar-refractivity contribution in [3.63, 3.8) is 0 Å². The SMILES string of the molecule is C[C@@H]1CCCCO[C@@H](CN(C)C(=O)c2ccccc2)[C@@H](C)CN([C@@H](C)CO)C(=O)c2cc(NS(=O)(=O)c3cn(C)cn3)ccc2O1. The van der Waals surface area contributed by atoms with Gasteiger partial charge in [0.25, 0.3) is 21.8 Å². The molecule has 1 aromatic heterocycles. The van der Waals surface area contributed by atoms with Crippen molar-refractivity contribution >= 4 is 27.5 Å². The van der Waals surface area contributed by atoms with Gasteiger partial charge < -0.3 is 28.9 Å². The maximum Gasteiger partial charge on any atom is 0.280 e. The first-order chi connectivity index (χ1) is 21.9. The van der Waals surface area contributed by atoms with E-state index in [1.165, 1.54) is 23.2 Å². The van der Waals surface area contributed by atoms with Gasteiger partial charge in [-0.2, -0.15) is 8.42 Å². The summed E-state index contributed by atoms with van der Waals surface area (Å²) in [4.78, 5) is 34.6. The van der Waals surface area contributed by atoms with Gasteiger partial charge in [0.1, 0.15) is 5.75 Å². The zero-order chi connectivity index (χ0) is 33.4. The normalized spacial score (nSPS) is 20.6. The van der Waals surface area contributed by atoms with Crippen molar-refractivity contribution in [2.45, 2.75) is 63.3 Å². The molecule has 0 saturated carbocycles. The van der Waals surface area contributed by atoms with Crippen LogP contribution < -0.4 is 9.46 Å². The maximum atomic E-state index is 14.3. The van der Waals surface area contributed by atoms with E-state index >= 15 is 0 Å². The van der Waals surface area contributed by atoms with E-state index in [2.05, 4.69) is 9.71 Å². The number of aliphatic hydroxyl groups is 1. The minimum atomic E-state index is -4.02. The van der Waals surface area contributed by atoms with E-state index in [0.29, 0.717) is 30.9 Å². The van der Waals surface area contributed by atoms with Gasteiger partial charge in [-0.1, -0.05) is 25.1 Å². The summed E-state index contributed by atoms with van der Waals surface area (Å²) in [6.45, 7) is 6.31. The molecule has 1 aliphatic rings. The molecule has 46 heavy (non-hydrogen) atoms. The Balaban J connectivity index is 1.66. The van der Waals surface area contributed by atoms with E-state index < -0.39 is 28.1 Å². The summed E-state index contributed by atoms with van der Waals surface area (Å²) in [7, 11) is -0.618. The fraction of sp³-hybridized carbons (Fsp3) is 0.485. The molecule has 2 aromatic carbocycles. The monoisotopic (exact) mass is 655 g/mol. The van der Waals surface area contributed by atoms with Gasteiger partial charge in [-0.15, -0.1) is 0 Å². The third-order valence-corrected chi connectivity index (χ3v) is 9.35. The van der Waals surface area contributed by atoms with E-state index in [4.69, 9.17) is 9.47 Å². The van der Waals surface area contributed by atoms with E-state index in [1.807, 2.05) is 32.0 Å². The topological polar surface area (TPSA) is 143 Å². The van der Waals surface area contributed by atoms with Crippen molar-refractivity contribution in [2.24, 2.45) is 13.0 Å². The third-order valence-electron chi connectivity index (χ3n) is 8.08. The summed E-state index contributed by atoms with van der Waals surface area (Å²) in [6.07, 6.45) is 4.44. The van der Waals surface area contributed by atoms with Crippen LogP contribution in [0, 0.1) is 5.92 Å². The number of amides is 2. The number of aryl methyl sites for hydroxylation is 1. The Hall–Kier alpha value is -3.94. The number of carbonyl (C=O) groups is 2. The van der Waals surface area contributed by atoms with Gasteiger partial charge in [0.05, 0.1) is 36.7 Å². The van der Waals surface area contributed by atoms with E-state index in [-0.39, 0.29) is 47.4 Å². The van der Waals surface area contributed by atoms with E-state index in [1.54, 1.807) is 55.1 Å². The predicted molar refractivity (Wildman–Crippen MR) is 174 cm³/mol. The molecular weight excluding hydrogens is 610 g/mol. The summed E-state index contributed by atoms with van der Waals surface area (Å²) in [6, 6.07) is 13.1. The lowest BCUT2D eigenvalue weighted by Gasteiger charge is -2.36. The summed E-state index contributed by atoms with van der Waals surface area (Å²) >= 11 is 0. The molecular formula is C33H45N5O7S. The molecule has 0 radical (unpaired) electrons. The smallest absolute Gasteiger partial charge is 0.280 e. The highest BCUT2D eigenvalue weighted by molar-refractivity contribution is 7.92. The lowest BCUT2D eigenvalue weighted by atomic mass is 10.0. The number of nitrogens with one attached hydrogen (secondary N) is 1. The Morgan fingerprint density at radius 3 is 2.59 bits per heavy atom. The molecule has 0 spiro atoms. The number of hydrogen-bond donors (Lipinski definition) is 2. The van der Waals surface area contributed by atoms with Crippen LogP contribution in [0.4, 0.5) is 5.69 Å². The minimum Gasteiger partial charge on any atom is -0.490 e. The zero-order valence-electron chi connectivity index (χ0n) is 27.1. The highest BCUT2D eigenvalue weighted by Crippen LogP contribution is 2.29. The number of ether oxygens (including phenoxy) is 2. The molecule has 0 aliphatic carbocycles. The predicted octanol–water partition coefficient (Wildman–Crippen LogP) is 3.79. The van der Waals surface area contributed by atoms with Crippen molar-refractivity contribution in [2.75, 3.05) is 38.1 Å². The zero-order valence-corrected chi connectivity index (χ0v) is 27.9. The number of aromatic nitrogens is 2. The largest absolute Gasteiger partial charge is 0.490 e. The number of fused-ring (bicyclic) bond motifs is 1. The number of imidazole rings is 1. The van der Waals surface area contributed by atoms with Gasteiger partial charge in [0, 0.05) is 57.2 Å². The van der Waals surface area contributed by atoms with Crippen molar-refractivity contribution in [3.05, 3.63) is 72.2 Å². The Bertz CT molecular complexity index is 1580. The van der Waals surface area contributed by atoms with Gasteiger partial charge in [0.2, 0.25) is 0 Å². The molecule has 0 fully saturated rings. The first-order valence-corrected chi connectivity index (χ1v) is 17.0. The molecule has 13 heteroatoms. The minimum absolute atomic E-state index is 0.131. The average molecular weight is 656 g/mol. The number of carbonyl (C=O) groups excluding carboxylic acids is 2. The van der Waals surface area contributed by atoms with Crippen molar-refractivity contribution in [1.82, 2.24) is 19.4 Å². The van der Waals surface area contributed by atoms with Crippen LogP contribution in [-0.2, 0) is 21.8 Å². The fourth-order valence-electron chi connectivity index (χ4n) is 5.34. The molecule has 2 amide bonds. The highest BCUT2D eigenvalue weighted by atomic mass is 32.2. The number of aliphatic hydroxyl groups excluding tert-OH is 1. The van der Waals surface area contributed by atoms with Crippen molar-refractivity contribution in [1.29, 1.82) is 0 Å². The van der Waals surface area contributed by atoms with Crippen LogP contribution >= 0.6 is 0 Å². The van der Waals surface area contributed by atoms with Gasteiger partial charge in [-0.05, 0) is 63.4 Å². The van der Waals surface area contributed by atoms with Crippen LogP contribution in [0.25, 0.3) is 0 Å². The molecule has 2 heterocycles. The molecule has 2 N–H and O–H groups in total. The molecule has 1 aliphatic heterocycles. The standard InChI is InChI=1S/C33H45N5O7S/c1-23-18-38(24(2)21-39)33(41)28-17-27(35-46(42,43)31-20-36(4)22-34-31)14-15-29(28)45-25(3)11-9-10-16-44-30(23)19-37(5)32(40)26-12-7-6-8-13-26/h6-8,12-15,17,20,22-25,30,35,39H,9-11,16,18-19,21H2,1-5H3/t23-,24-,25+,30-/m0/s1. The van der Waals surface area contributed by atoms with Crippen LogP contribution in [0.3, 0.4) is 0 Å². The molecule has 12 nitrogen and oxygen atoms in total. The number of benzene rings is 2. The van der Waals surface area contributed by atoms with Crippen molar-refractivity contribution in [3.8, 4) is 5.75 Å². The molecule has 3 aromatic rings. The lowest BCUT2D eigenvalue weighted by Crippen LogP contribution is -2.48. The Morgan fingerprint density at radius 2 is 1.91 bits per heavy atom. The molecule has 0 bridgehead atoms. The number of likely N-dealkylation sites (N-methyl/N-ethyl adjacent to an activating group) is 1. The second-order valence-corrected chi connectivity index (χ2v) is 13.7. The van der Waals surface area contributed by atoms with Gasteiger partial charge in [-0.25, -0.2) is 4.98 Å². The van der Waals surface area contributed by atoms with Crippen molar-refractivity contribution < 1.29 is 32.6 Å². The number of hydrogen-bond acceptors (Lipinski definition) is 8. The van der Waals surface area contributed by atoms with Crippen LogP contribution in [0.2, 0.25) is 0 Å². The van der Waals surface area contributed by atoms with Crippen LogP contribution in [-0.4, -0.2) is 96.3 Å². The van der Waals surface area contributed by atoms with Gasteiger partial charge in [0.15, 0.2) is 5.03 Å². The summed E-state index contributed by atoms with van der Waals surface area (Å²) in [5.41, 5.74) is 0.901. The Labute approximate surface area is 271 Å². The molecule has 0 unspecified atom stereocenters. The van der Waals surface area contributed by atoms with E-state index in [0.717, 1.165) is 12.8 Å². The Kier molecular flexibility index (Phi) is 11.8. The summed E-state index contributed by atoms with van der Waals surface area (Å²) in [5.74, 6) is -0.479. The molecule has 250 valence electrons. The Morgan fingerprint density at radius 1 is 1.17 bits per heavy atom. The maximum absolute atomic E-state index is 14.3. The molecule has 4 atom stereocenters. The summed E-state index contributed by atoms with van der Waals surface area (Å²) < 4.78 is 42.7. The van der Waals surface area contributed by atoms with Crippen LogP contribution in [0.1, 0.15) is 60.7 Å². The first kappa shape index (κ1) is 34.9. The number of anilines is 1. The van der Waals surface area contributed by atoms with E-state index in [9.17, 15) is 23.1 Å². The van der Waals surface area contributed by atoms with Crippen LogP contribution in [0.15, 0.2) is 66.1 Å². The highest BCUT2D eigenvalue weighted by Gasteiger charge is 2.31. The van der Waals surface area contributed by atoms with Crippen LogP contribution in [0.5, 0.6) is 5.75 Å². The number of rotatable bonds is 8. The first-order valence-electron chi connectivity index (χ1n) is 15.5. The third kappa shape index (κ3) is 8.86. The quantitative estimate of drug-likeness (QED) is 0.373. The summed E-state index contributed by atoms with van der Waals surface area (Å²) in [5, 5.41) is 10.0. The van der Waals surface area contributed by atoms with Gasteiger partial charge in [-0.3, -0.25) is 14.3 Å².